The Morgan fingerprint density at radius 2 is 0.648 bits per heavy atom. The van der Waals surface area contributed by atoms with Crippen molar-refractivity contribution in [3.05, 3.63) is 296 Å². The van der Waals surface area contributed by atoms with E-state index in [4.69, 9.17) is 19.9 Å². The van der Waals surface area contributed by atoms with Crippen LogP contribution < -0.4 is 95.9 Å². The fourth-order valence-corrected chi connectivity index (χ4v) is 12.8. The first kappa shape index (κ1) is 77.1. The van der Waals surface area contributed by atoms with Gasteiger partial charge in [0, 0.05) is 68.7 Å². The Kier molecular flexibility index (Phi) is 24.3. The molecule has 0 aliphatic heterocycles. The summed E-state index contributed by atoms with van der Waals surface area (Å²) in [6, 6.07) is 78.4. The normalized spacial score (nSPS) is 11.0. The van der Waals surface area contributed by atoms with Crippen molar-refractivity contribution in [2.75, 3.05) is 0 Å². The summed E-state index contributed by atoms with van der Waals surface area (Å²) in [5.41, 5.74) is 16.9. The predicted octanol–water partition coefficient (Wildman–Crippen LogP) is 6.59. The fraction of sp³-hybridized carbons (Fsp3) is 0.102. The van der Waals surface area contributed by atoms with Crippen LogP contribution in [0.1, 0.15) is 58.2 Å². The van der Waals surface area contributed by atoms with Gasteiger partial charge in [0.05, 0.1) is 72.8 Å². The number of pyridine rings is 9. The molecule has 0 radical (unpaired) electrons. The summed E-state index contributed by atoms with van der Waals surface area (Å²) in [6.07, 6.45) is 8.78. The summed E-state index contributed by atoms with van der Waals surface area (Å²) in [6.45, 7) is 15.2. The minimum absolute atomic E-state index is 0. The van der Waals surface area contributed by atoms with Crippen molar-refractivity contribution in [2.45, 2.75) is 59.3 Å². The van der Waals surface area contributed by atoms with E-state index in [9.17, 15) is 20.4 Å². The Balaban J connectivity index is 0.000000154. The van der Waals surface area contributed by atoms with Gasteiger partial charge in [-0.25, -0.2) is 19.9 Å². The molecule has 13 nitrogen and oxygen atoms in total. The van der Waals surface area contributed by atoms with E-state index in [2.05, 4.69) is 90.7 Å². The smallest absolute Gasteiger partial charge is 0.872 e. The van der Waals surface area contributed by atoms with Gasteiger partial charge in [0.1, 0.15) is 0 Å². The van der Waals surface area contributed by atoms with Gasteiger partial charge in [0.2, 0.25) is 0 Å². The number of para-hydroxylation sites is 4. The molecule has 0 spiro atoms. The number of hydrogen-bond donors (Lipinski definition) is 0. The van der Waals surface area contributed by atoms with Crippen molar-refractivity contribution in [2.24, 2.45) is 0 Å². The van der Waals surface area contributed by atoms with Crippen LogP contribution in [0.3, 0.4) is 0 Å². The molecule has 0 bridgehead atoms. The summed E-state index contributed by atoms with van der Waals surface area (Å²) in [5, 5.41) is 57.8. The van der Waals surface area contributed by atoms with E-state index in [1.807, 2.05) is 207 Å². The molecule has 0 N–H and O–H groups in total. The zero-order valence-electron chi connectivity index (χ0n) is 60.7. The Morgan fingerprint density at radius 1 is 0.257 bits per heavy atom. The average molecular weight is 1340 g/mol. The molecule has 0 unspecified atom stereocenters. The van der Waals surface area contributed by atoms with Crippen LogP contribution in [0, 0.1) is 6.92 Å². The Morgan fingerprint density at radius 3 is 1.15 bits per heavy atom. The van der Waals surface area contributed by atoms with Crippen molar-refractivity contribution in [3.63, 3.8) is 0 Å². The van der Waals surface area contributed by atoms with E-state index in [1.54, 1.807) is 55.1 Å². The molecule has 0 fully saturated rings. The van der Waals surface area contributed by atoms with Gasteiger partial charge >= 0.3 is 75.4 Å². The van der Waals surface area contributed by atoms with Crippen LogP contribution in [0.25, 0.3) is 144 Å². The molecule has 17 aromatic rings. The largest absolute Gasteiger partial charge is 1.00 e. The van der Waals surface area contributed by atoms with E-state index < -0.39 is 0 Å². The molecule has 0 saturated carbocycles. The first-order valence-electron chi connectivity index (χ1n) is 33.3. The standard InChI is InChI=1S/C30H18N4O.C26H28N2O.C17H14N2O.C15H11NO.4Li/c35-30-22(24-14-12-20-10-8-18-4-2-16-31-26(18)28(20)33-24)6-1-7-23(30)25-15-13-21-11-9-19-5-3-17-32-27(19)29(21)34-25;1-25(2,3)19-13-14-27-23-16(19)11-12-17-20(26(4,5)6)15-21(28-24(17)23)18-9-7-8-10-22(18)29;1-12-10-13(15-6-2-4-8-18-15)17(20)14(11-12)16-7-3-5-9-19-16;17-15-8-4-2-6-12(15)14-10-9-11-5-1-3-7-13(11)16-14;;;;/h1-17,35H;7-15,29H,1-6H3;2-11,20H,1H3;1-10,17H;;;;/q;;;;4*+1/p-4. The Bertz CT molecular complexity index is 5780. The summed E-state index contributed by atoms with van der Waals surface area (Å²) < 4.78 is 0. The van der Waals surface area contributed by atoms with Gasteiger partial charge in [-0.3, -0.25) is 24.9 Å². The third-order valence-electron chi connectivity index (χ3n) is 17.8. The maximum atomic E-state index is 13.7. The maximum Gasteiger partial charge on any atom is 1.00 e. The van der Waals surface area contributed by atoms with Gasteiger partial charge in [-0.1, -0.05) is 240 Å². The van der Waals surface area contributed by atoms with Crippen molar-refractivity contribution in [1.29, 1.82) is 0 Å². The second-order valence-corrected chi connectivity index (χ2v) is 26.8. The summed E-state index contributed by atoms with van der Waals surface area (Å²) >= 11 is 0. The fourth-order valence-electron chi connectivity index (χ4n) is 12.8. The predicted molar refractivity (Wildman–Crippen MR) is 401 cm³/mol. The molecule has 0 aliphatic carbocycles. The number of hydrogen-bond acceptors (Lipinski definition) is 13. The van der Waals surface area contributed by atoms with E-state index >= 15 is 0 Å². The Hall–Kier alpha value is -10.5. The van der Waals surface area contributed by atoms with Crippen LogP contribution >= 0.6 is 0 Å². The van der Waals surface area contributed by atoms with Gasteiger partial charge < -0.3 is 20.4 Å². The maximum absolute atomic E-state index is 13.7. The van der Waals surface area contributed by atoms with Crippen molar-refractivity contribution in [3.8, 4) is 90.5 Å². The van der Waals surface area contributed by atoms with Crippen LogP contribution in [-0.4, -0.2) is 44.9 Å². The number of benzene rings is 8. The number of rotatable bonds is 6. The van der Waals surface area contributed by atoms with Gasteiger partial charge in [0.25, 0.3) is 0 Å². The number of aryl methyl sites for hydroxylation is 1. The Labute approximate surface area is 657 Å². The van der Waals surface area contributed by atoms with Crippen molar-refractivity contribution in [1.82, 2.24) is 44.9 Å². The minimum atomic E-state index is -0.104. The third kappa shape index (κ3) is 16.4. The molecule has 0 atom stereocenters. The number of fused-ring (bicyclic) bond motifs is 10. The average Bonchev–Trinajstić information content (AvgIpc) is 0.746. The molecule has 9 aromatic heterocycles. The van der Waals surface area contributed by atoms with E-state index in [0.29, 0.717) is 61.9 Å². The molecule has 0 aliphatic rings. The summed E-state index contributed by atoms with van der Waals surface area (Å²) in [5.74, 6) is -0.140. The topological polar surface area (TPSA) is 208 Å². The van der Waals surface area contributed by atoms with Crippen molar-refractivity contribution < 1.29 is 95.9 Å². The van der Waals surface area contributed by atoms with Gasteiger partial charge in [0.15, 0.2) is 0 Å². The molecule has 8 aromatic carbocycles. The van der Waals surface area contributed by atoms with Gasteiger partial charge in [-0.2, -0.15) is 0 Å². The zero-order chi connectivity index (χ0) is 69.9. The first-order valence-corrected chi connectivity index (χ1v) is 33.3. The van der Waals surface area contributed by atoms with Crippen molar-refractivity contribution >= 4 is 76.3 Å². The summed E-state index contributed by atoms with van der Waals surface area (Å²) in [7, 11) is 0. The second-order valence-electron chi connectivity index (χ2n) is 26.8. The van der Waals surface area contributed by atoms with Crippen LogP contribution in [0.5, 0.6) is 23.0 Å². The van der Waals surface area contributed by atoms with E-state index in [1.165, 1.54) is 11.1 Å². The van der Waals surface area contributed by atoms with Crippen LogP contribution in [0.15, 0.2) is 280 Å². The second kappa shape index (κ2) is 33.1. The molecular formula is C88H67Li4N9O4. The molecule has 492 valence electrons. The zero-order valence-corrected chi connectivity index (χ0v) is 60.7. The van der Waals surface area contributed by atoms with Crippen LogP contribution in [0.2, 0.25) is 0 Å². The summed E-state index contributed by atoms with van der Waals surface area (Å²) in [4.78, 5) is 41.5. The monoisotopic (exact) mass is 1340 g/mol. The molecule has 0 saturated heterocycles. The van der Waals surface area contributed by atoms with Gasteiger partial charge in [-0.05, 0) is 141 Å². The molecular weight excluding hydrogens is 1270 g/mol. The van der Waals surface area contributed by atoms with Gasteiger partial charge in [-0.15, -0.1) is 0 Å². The quantitative estimate of drug-likeness (QED) is 0.127. The van der Waals surface area contributed by atoms with E-state index in [-0.39, 0.29) is 109 Å². The molecule has 0 amide bonds. The molecule has 17 rings (SSSR count). The van der Waals surface area contributed by atoms with E-state index in [0.717, 1.165) is 87.6 Å². The minimum Gasteiger partial charge on any atom is -0.872 e. The number of aromatic nitrogens is 9. The molecule has 17 heteroatoms. The molecule has 105 heavy (non-hydrogen) atoms. The van der Waals surface area contributed by atoms with Crippen LogP contribution in [0.4, 0.5) is 0 Å². The SMILES string of the molecule is CC(C)(C)c1ccnc2c1ccc1c(C(C)(C)C)cc(-c3ccccc3[O-])nc12.Cc1cc(-c2ccccn2)c([O-])c(-c2ccccn2)c1.[Li+].[Li+].[Li+].[Li+].[O-]c1c(-c2ccc3ccc4cccnc4c3n2)cccc1-c1ccc2ccc3cccnc3c2n1.[O-]c1ccccc1-c1ccc2ccccc2n1. The third-order valence-corrected chi connectivity index (χ3v) is 17.8. The number of nitrogens with zero attached hydrogens (tertiary/aromatic N) is 9. The molecule has 9 heterocycles. The first-order chi connectivity index (χ1) is 48.9. The van der Waals surface area contributed by atoms with Crippen LogP contribution in [-0.2, 0) is 10.8 Å².